The molecule has 1 N–H and O–H groups in total. The summed E-state index contributed by atoms with van der Waals surface area (Å²) < 4.78 is 0. The van der Waals surface area contributed by atoms with Gasteiger partial charge in [-0.15, -0.1) is 6.42 Å². The van der Waals surface area contributed by atoms with Crippen LogP contribution in [0.5, 0.6) is 0 Å². The highest BCUT2D eigenvalue weighted by atomic mass is 15.5. The predicted molar refractivity (Wildman–Crippen MR) is 64.2 cm³/mol. The molecule has 0 saturated carbocycles. The lowest BCUT2D eigenvalue weighted by molar-refractivity contribution is 0.922. The molecule has 2 rings (SSSR count). The van der Waals surface area contributed by atoms with E-state index >= 15 is 0 Å². The molecule has 1 aromatic carbocycles. The summed E-state index contributed by atoms with van der Waals surface area (Å²) in [7, 11) is 0. The van der Waals surface area contributed by atoms with Gasteiger partial charge >= 0.3 is 0 Å². The molecular weight excluding hydrogens is 186 g/mol. The summed E-state index contributed by atoms with van der Waals surface area (Å²) in [6.45, 7) is 1.51. The van der Waals surface area contributed by atoms with Gasteiger partial charge in [0.1, 0.15) is 0 Å². The van der Waals surface area contributed by atoms with E-state index in [9.17, 15) is 0 Å². The van der Waals surface area contributed by atoms with Crippen molar-refractivity contribution >= 4 is 17.6 Å². The zero-order valence-electron chi connectivity index (χ0n) is 8.48. The second kappa shape index (κ2) is 4.52. The molecule has 15 heavy (non-hydrogen) atoms. The van der Waals surface area contributed by atoms with Gasteiger partial charge in [0.05, 0.1) is 12.2 Å². The van der Waals surface area contributed by atoms with Crippen molar-refractivity contribution < 1.29 is 0 Å². The topological polar surface area (TPSA) is 27.6 Å². The molecule has 0 aliphatic carbocycles. The van der Waals surface area contributed by atoms with Gasteiger partial charge in [0.2, 0.25) is 0 Å². The van der Waals surface area contributed by atoms with Crippen LogP contribution in [0, 0.1) is 12.3 Å². The number of hydrazone groups is 1. The molecular formula is C12H13N3. The number of nitrogens with one attached hydrogen (secondary N) is 1. The zero-order chi connectivity index (χ0) is 10.5. The van der Waals surface area contributed by atoms with E-state index in [1.165, 1.54) is 0 Å². The summed E-state index contributed by atoms with van der Waals surface area (Å²) in [6.07, 6.45) is 8.14. The van der Waals surface area contributed by atoms with Crippen LogP contribution in [0.25, 0.3) is 0 Å². The van der Waals surface area contributed by atoms with Crippen molar-refractivity contribution in [2.24, 2.45) is 5.10 Å². The average molecular weight is 199 g/mol. The highest BCUT2D eigenvalue weighted by Gasteiger charge is 2.08. The lowest BCUT2D eigenvalue weighted by Gasteiger charge is -2.14. The van der Waals surface area contributed by atoms with Gasteiger partial charge in [0.15, 0.2) is 0 Å². The molecule has 0 radical (unpaired) electrons. The number of benzene rings is 1. The second-order valence-corrected chi connectivity index (χ2v) is 3.32. The van der Waals surface area contributed by atoms with E-state index in [4.69, 9.17) is 6.42 Å². The Kier molecular flexibility index (Phi) is 2.89. The standard InChI is InChI=1S/C12H13N3/c1-2-7-13-11-5-3-6-12(10-11)15-9-4-8-14-15/h1,3,5-6,8,10,13H,4,7,9H2. The molecule has 0 amide bonds. The van der Waals surface area contributed by atoms with Crippen LogP contribution in [-0.4, -0.2) is 19.3 Å². The van der Waals surface area contributed by atoms with Gasteiger partial charge < -0.3 is 5.32 Å². The van der Waals surface area contributed by atoms with Gasteiger partial charge in [-0.2, -0.15) is 5.10 Å². The highest BCUT2D eigenvalue weighted by Crippen LogP contribution is 2.21. The van der Waals surface area contributed by atoms with Crippen molar-refractivity contribution in [1.82, 2.24) is 0 Å². The Morgan fingerprint density at radius 3 is 3.20 bits per heavy atom. The Hall–Kier alpha value is -1.95. The molecule has 0 spiro atoms. The van der Waals surface area contributed by atoms with Gasteiger partial charge in [0.25, 0.3) is 0 Å². The molecule has 1 heterocycles. The lowest BCUT2D eigenvalue weighted by Crippen LogP contribution is -2.12. The number of hydrogen-bond donors (Lipinski definition) is 1. The summed E-state index contributed by atoms with van der Waals surface area (Å²) in [6, 6.07) is 8.10. The molecule has 1 aliphatic rings. The normalized spacial score (nSPS) is 13.9. The van der Waals surface area contributed by atoms with Crippen molar-refractivity contribution in [2.75, 3.05) is 23.4 Å². The first-order chi connectivity index (χ1) is 7.40. The molecule has 1 aromatic rings. The summed E-state index contributed by atoms with van der Waals surface area (Å²) in [5.74, 6) is 2.55. The van der Waals surface area contributed by atoms with Gasteiger partial charge in [-0.3, -0.25) is 5.01 Å². The van der Waals surface area contributed by atoms with Crippen LogP contribution in [0.4, 0.5) is 11.4 Å². The predicted octanol–water partition coefficient (Wildman–Crippen LogP) is 1.93. The maximum atomic E-state index is 5.19. The summed E-state index contributed by atoms with van der Waals surface area (Å²) in [5.41, 5.74) is 2.14. The summed E-state index contributed by atoms with van der Waals surface area (Å²) in [4.78, 5) is 0. The Balaban J connectivity index is 2.12. The molecule has 0 bridgehead atoms. The minimum absolute atomic E-state index is 0.548. The van der Waals surface area contributed by atoms with Gasteiger partial charge in [-0.05, 0) is 18.2 Å². The summed E-state index contributed by atoms with van der Waals surface area (Å²) >= 11 is 0. The molecule has 3 heteroatoms. The quantitative estimate of drug-likeness (QED) is 0.753. The molecule has 0 aromatic heterocycles. The Morgan fingerprint density at radius 1 is 1.53 bits per heavy atom. The third-order valence-corrected chi connectivity index (χ3v) is 2.23. The van der Waals surface area contributed by atoms with Gasteiger partial charge in [-0.25, -0.2) is 0 Å². The van der Waals surface area contributed by atoms with E-state index in [2.05, 4.69) is 22.4 Å². The van der Waals surface area contributed by atoms with E-state index in [1.54, 1.807) is 0 Å². The van der Waals surface area contributed by atoms with E-state index in [-0.39, 0.29) is 0 Å². The van der Waals surface area contributed by atoms with Crippen LogP contribution in [-0.2, 0) is 0 Å². The van der Waals surface area contributed by atoms with Gasteiger partial charge in [-0.1, -0.05) is 12.0 Å². The molecule has 1 aliphatic heterocycles. The van der Waals surface area contributed by atoms with Gasteiger partial charge in [0, 0.05) is 24.9 Å². The molecule has 0 atom stereocenters. The maximum absolute atomic E-state index is 5.19. The van der Waals surface area contributed by atoms with Crippen molar-refractivity contribution in [2.45, 2.75) is 6.42 Å². The summed E-state index contributed by atoms with van der Waals surface area (Å²) in [5, 5.41) is 9.40. The molecule has 0 fully saturated rings. The van der Waals surface area contributed by atoms with Crippen LogP contribution >= 0.6 is 0 Å². The first-order valence-corrected chi connectivity index (χ1v) is 4.97. The Bertz CT molecular complexity index is 404. The zero-order valence-corrected chi connectivity index (χ0v) is 8.48. The average Bonchev–Trinajstić information content (AvgIpc) is 2.80. The Morgan fingerprint density at radius 2 is 2.47 bits per heavy atom. The molecule has 76 valence electrons. The van der Waals surface area contributed by atoms with Crippen molar-refractivity contribution in [3.63, 3.8) is 0 Å². The highest BCUT2D eigenvalue weighted by molar-refractivity contribution is 5.67. The number of anilines is 2. The van der Waals surface area contributed by atoms with Crippen molar-refractivity contribution in [1.29, 1.82) is 0 Å². The fourth-order valence-electron chi connectivity index (χ4n) is 1.52. The van der Waals surface area contributed by atoms with E-state index in [0.717, 1.165) is 24.3 Å². The van der Waals surface area contributed by atoms with Crippen molar-refractivity contribution in [3.05, 3.63) is 24.3 Å². The Labute approximate surface area is 89.8 Å². The third-order valence-electron chi connectivity index (χ3n) is 2.23. The molecule has 0 unspecified atom stereocenters. The monoisotopic (exact) mass is 199 g/mol. The number of hydrogen-bond acceptors (Lipinski definition) is 3. The fourth-order valence-corrected chi connectivity index (χ4v) is 1.52. The van der Waals surface area contributed by atoms with Crippen LogP contribution in [0.15, 0.2) is 29.4 Å². The van der Waals surface area contributed by atoms with E-state index < -0.39 is 0 Å². The van der Waals surface area contributed by atoms with Crippen LogP contribution < -0.4 is 10.3 Å². The fraction of sp³-hybridized carbons (Fsp3) is 0.250. The second-order valence-electron chi connectivity index (χ2n) is 3.32. The largest absolute Gasteiger partial charge is 0.374 e. The van der Waals surface area contributed by atoms with Crippen LogP contribution in [0.3, 0.4) is 0 Å². The SMILES string of the molecule is C#CCNc1cccc(N2CCC=N2)c1. The van der Waals surface area contributed by atoms with Crippen LogP contribution in [0.1, 0.15) is 6.42 Å². The van der Waals surface area contributed by atoms with E-state index in [1.807, 2.05) is 29.4 Å². The number of nitrogens with zero attached hydrogens (tertiary/aromatic N) is 2. The number of rotatable bonds is 3. The number of terminal acetylenes is 1. The molecule has 3 nitrogen and oxygen atoms in total. The molecule has 0 saturated heterocycles. The first-order valence-electron chi connectivity index (χ1n) is 4.97. The smallest absolute Gasteiger partial charge is 0.0763 e. The van der Waals surface area contributed by atoms with Crippen molar-refractivity contribution in [3.8, 4) is 12.3 Å². The first kappa shape index (κ1) is 9.60. The maximum Gasteiger partial charge on any atom is 0.0763 e. The third kappa shape index (κ3) is 2.29. The van der Waals surface area contributed by atoms with Crippen LogP contribution in [0.2, 0.25) is 0 Å². The lowest BCUT2D eigenvalue weighted by atomic mass is 10.2. The minimum Gasteiger partial charge on any atom is -0.374 e. The van der Waals surface area contributed by atoms with E-state index in [0.29, 0.717) is 6.54 Å². The minimum atomic E-state index is 0.548.